The quantitative estimate of drug-likeness (QED) is 0.833. The Labute approximate surface area is 98.9 Å². The molecule has 3 heteroatoms. The van der Waals surface area contributed by atoms with Crippen LogP contribution in [0.25, 0.3) is 0 Å². The van der Waals surface area contributed by atoms with Gasteiger partial charge in [0.25, 0.3) is 0 Å². The van der Waals surface area contributed by atoms with Gasteiger partial charge >= 0.3 is 0 Å². The van der Waals surface area contributed by atoms with E-state index in [0.717, 1.165) is 5.69 Å². The van der Waals surface area contributed by atoms with Gasteiger partial charge in [-0.25, -0.2) is 4.39 Å². The van der Waals surface area contributed by atoms with Crippen LogP contribution in [0.15, 0.2) is 35.7 Å². The van der Waals surface area contributed by atoms with Gasteiger partial charge in [-0.15, -0.1) is 11.3 Å². The zero-order chi connectivity index (χ0) is 11.5. The van der Waals surface area contributed by atoms with Gasteiger partial charge in [0.2, 0.25) is 0 Å². The van der Waals surface area contributed by atoms with E-state index >= 15 is 0 Å². The predicted molar refractivity (Wildman–Crippen MR) is 67.5 cm³/mol. The summed E-state index contributed by atoms with van der Waals surface area (Å²) in [6.07, 6.45) is 0. The third-order valence-corrected chi connectivity index (χ3v) is 3.66. The minimum Gasteiger partial charge on any atom is -0.377 e. The monoisotopic (exact) mass is 235 g/mol. The van der Waals surface area contributed by atoms with E-state index < -0.39 is 0 Å². The van der Waals surface area contributed by atoms with Crippen LogP contribution >= 0.6 is 11.3 Å². The summed E-state index contributed by atoms with van der Waals surface area (Å²) < 4.78 is 13.3. The molecule has 1 atom stereocenters. The van der Waals surface area contributed by atoms with Gasteiger partial charge in [0.05, 0.1) is 6.04 Å². The minimum atomic E-state index is -0.164. The topological polar surface area (TPSA) is 12.0 Å². The van der Waals surface area contributed by atoms with Crippen LogP contribution < -0.4 is 5.32 Å². The lowest BCUT2D eigenvalue weighted by atomic mass is 10.1. The van der Waals surface area contributed by atoms with Gasteiger partial charge in [0.15, 0.2) is 0 Å². The van der Waals surface area contributed by atoms with E-state index in [2.05, 4.69) is 18.3 Å². The second kappa shape index (κ2) is 4.66. The number of halogens is 1. The van der Waals surface area contributed by atoms with Crippen molar-refractivity contribution in [1.29, 1.82) is 0 Å². The SMILES string of the molecule is Cc1c(F)cccc1NC(C)c1cccs1. The Morgan fingerprint density at radius 2 is 2.06 bits per heavy atom. The lowest BCUT2D eigenvalue weighted by molar-refractivity contribution is 0.618. The van der Waals surface area contributed by atoms with E-state index in [4.69, 9.17) is 0 Å². The summed E-state index contributed by atoms with van der Waals surface area (Å²) >= 11 is 1.70. The van der Waals surface area contributed by atoms with Crippen molar-refractivity contribution in [1.82, 2.24) is 0 Å². The van der Waals surface area contributed by atoms with Gasteiger partial charge < -0.3 is 5.32 Å². The molecule has 0 saturated heterocycles. The van der Waals surface area contributed by atoms with Crippen molar-refractivity contribution in [3.05, 3.63) is 52.0 Å². The van der Waals surface area contributed by atoms with Gasteiger partial charge in [-0.3, -0.25) is 0 Å². The molecule has 1 aromatic carbocycles. The van der Waals surface area contributed by atoms with Crippen molar-refractivity contribution in [2.24, 2.45) is 0 Å². The zero-order valence-electron chi connectivity index (χ0n) is 9.33. The van der Waals surface area contributed by atoms with Crippen molar-refractivity contribution in [3.8, 4) is 0 Å². The molecule has 0 fully saturated rings. The fourth-order valence-corrected chi connectivity index (χ4v) is 2.34. The van der Waals surface area contributed by atoms with Gasteiger partial charge in [0.1, 0.15) is 5.82 Å². The first kappa shape index (κ1) is 11.1. The van der Waals surface area contributed by atoms with E-state index in [-0.39, 0.29) is 11.9 Å². The molecule has 1 aromatic heterocycles. The second-order valence-corrected chi connectivity index (χ2v) is 4.77. The molecular formula is C13H14FNS. The molecule has 16 heavy (non-hydrogen) atoms. The lowest BCUT2D eigenvalue weighted by Crippen LogP contribution is -2.06. The molecule has 1 unspecified atom stereocenters. The fourth-order valence-electron chi connectivity index (χ4n) is 1.61. The molecule has 0 amide bonds. The van der Waals surface area contributed by atoms with Gasteiger partial charge in [-0.1, -0.05) is 12.1 Å². The molecule has 0 bridgehead atoms. The Hall–Kier alpha value is -1.35. The highest BCUT2D eigenvalue weighted by atomic mass is 32.1. The molecule has 1 nitrogen and oxygen atoms in total. The Kier molecular flexibility index (Phi) is 3.25. The molecule has 84 valence electrons. The highest BCUT2D eigenvalue weighted by molar-refractivity contribution is 7.10. The fraction of sp³-hybridized carbons (Fsp3) is 0.231. The van der Waals surface area contributed by atoms with E-state index in [1.54, 1.807) is 24.3 Å². The zero-order valence-corrected chi connectivity index (χ0v) is 10.1. The number of anilines is 1. The summed E-state index contributed by atoms with van der Waals surface area (Å²) in [6, 6.07) is 9.43. The molecule has 0 spiro atoms. The van der Waals surface area contributed by atoms with Crippen molar-refractivity contribution in [2.45, 2.75) is 19.9 Å². The first-order valence-corrected chi connectivity index (χ1v) is 6.11. The van der Waals surface area contributed by atoms with Crippen molar-refractivity contribution < 1.29 is 4.39 Å². The molecular weight excluding hydrogens is 221 g/mol. The van der Waals surface area contributed by atoms with E-state index in [9.17, 15) is 4.39 Å². The number of rotatable bonds is 3. The number of hydrogen-bond acceptors (Lipinski definition) is 2. The van der Waals surface area contributed by atoms with Gasteiger partial charge in [0, 0.05) is 16.1 Å². The lowest BCUT2D eigenvalue weighted by Gasteiger charge is -2.15. The molecule has 0 aliphatic rings. The molecule has 2 aromatic rings. The summed E-state index contributed by atoms with van der Waals surface area (Å²) in [5, 5.41) is 5.37. The highest BCUT2D eigenvalue weighted by Crippen LogP contribution is 2.25. The van der Waals surface area contributed by atoms with Crippen molar-refractivity contribution in [2.75, 3.05) is 5.32 Å². The molecule has 2 rings (SSSR count). The van der Waals surface area contributed by atoms with Gasteiger partial charge in [-0.2, -0.15) is 0 Å². The minimum absolute atomic E-state index is 0.164. The third-order valence-electron chi connectivity index (χ3n) is 2.61. The van der Waals surface area contributed by atoms with E-state index in [0.29, 0.717) is 5.56 Å². The van der Waals surface area contributed by atoms with Crippen LogP contribution in [-0.2, 0) is 0 Å². The predicted octanol–water partition coefficient (Wildman–Crippen LogP) is 4.37. The number of hydrogen-bond donors (Lipinski definition) is 1. The van der Waals surface area contributed by atoms with Crippen LogP contribution in [0, 0.1) is 12.7 Å². The standard InChI is InChI=1S/C13H14FNS/c1-9-11(14)5-3-6-12(9)15-10(2)13-7-4-8-16-13/h3-8,10,15H,1-2H3. The number of thiophene rings is 1. The second-order valence-electron chi connectivity index (χ2n) is 3.79. The molecule has 0 saturated carbocycles. The van der Waals surface area contributed by atoms with E-state index in [1.165, 1.54) is 10.9 Å². The Bertz CT molecular complexity index is 465. The highest BCUT2D eigenvalue weighted by Gasteiger charge is 2.09. The largest absolute Gasteiger partial charge is 0.377 e. The van der Waals surface area contributed by atoms with E-state index in [1.807, 2.05) is 17.5 Å². The molecule has 1 N–H and O–H groups in total. The van der Waals surface area contributed by atoms with Crippen LogP contribution in [-0.4, -0.2) is 0 Å². The molecule has 1 heterocycles. The van der Waals surface area contributed by atoms with Crippen molar-refractivity contribution in [3.63, 3.8) is 0 Å². The van der Waals surface area contributed by atoms with Crippen LogP contribution in [0.5, 0.6) is 0 Å². The Balaban J connectivity index is 2.18. The summed E-state index contributed by atoms with van der Waals surface area (Å²) in [7, 11) is 0. The summed E-state index contributed by atoms with van der Waals surface area (Å²) in [4.78, 5) is 1.25. The number of nitrogens with one attached hydrogen (secondary N) is 1. The average molecular weight is 235 g/mol. The van der Waals surface area contributed by atoms with Crippen LogP contribution in [0.2, 0.25) is 0 Å². The summed E-state index contributed by atoms with van der Waals surface area (Å²) in [5.41, 5.74) is 1.53. The van der Waals surface area contributed by atoms with Gasteiger partial charge in [-0.05, 0) is 37.4 Å². The van der Waals surface area contributed by atoms with Crippen molar-refractivity contribution >= 4 is 17.0 Å². The smallest absolute Gasteiger partial charge is 0.128 e. The Morgan fingerprint density at radius 1 is 1.25 bits per heavy atom. The first-order valence-electron chi connectivity index (χ1n) is 5.23. The third kappa shape index (κ3) is 2.25. The number of benzene rings is 1. The molecule has 0 aliphatic carbocycles. The average Bonchev–Trinajstić information content (AvgIpc) is 2.78. The maximum atomic E-state index is 13.3. The van der Waals surface area contributed by atoms with Crippen LogP contribution in [0.3, 0.4) is 0 Å². The summed E-state index contributed by atoms with van der Waals surface area (Å²) in [6.45, 7) is 3.87. The maximum absolute atomic E-state index is 13.3. The molecule has 0 radical (unpaired) electrons. The molecule has 0 aliphatic heterocycles. The Morgan fingerprint density at radius 3 is 2.75 bits per heavy atom. The normalized spacial score (nSPS) is 12.4. The first-order chi connectivity index (χ1) is 7.68. The maximum Gasteiger partial charge on any atom is 0.128 e. The van der Waals surface area contributed by atoms with Crippen LogP contribution in [0.1, 0.15) is 23.4 Å². The summed E-state index contributed by atoms with van der Waals surface area (Å²) in [5.74, 6) is -0.164. The van der Waals surface area contributed by atoms with Crippen LogP contribution in [0.4, 0.5) is 10.1 Å².